The Balaban J connectivity index is 1.41. The van der Waals surface area contributed by atoms with Gasteiger partial charge in [0.1, 0.15) is 22.0 Å². The lowest BCUT2D eigenvalue weighted by Gasteiger charge is -2.44. The quantitative estimate of drug-likeness (QED) is 0.132. The number of nitrogens with zero attached hydrogens (tertiary/aromatic N) is 3. The van der Waals surface area contributed by atoms with Gasteiger partial charge < -0.3 is 24.1 Å². The zero-order valence-corrected chi connectivity index (χ0v) is 29.4. The lowest BCUT2D eigenvalue weighted by molar-refractivity contribution is -0.904. The van der Waals surface area contributed by atoms with E-state index in [2.05, 4.69) is 9.64 Å². The molecular weight excluding hydrogens is 734 g/mol. The van der Waals surface area contributed by atoms with Crippen molar-refractivity contribution in [3.05, 3.63) is 103 Å². The molecule has 16 heteroatoms. The topological polar surface area (TPSA) is 115 Å². The number of alkyl halides is 2. The van der Waals surface area contributed by atoms with Crippen molar-refractivity contribution in [1.82, 2.24) is 4.90 Å². The molecule has 7 rings (SSSR count). The number of hydrogen-bond acceptors (Lipinski definition) is 9. The van der Waals surface area contributed by atoms with Gasteiger partial charge in [-0.25, -0.2) is 9.18 Å². The van der Waals surface area contributed by atoms with E-state index in [1.54, 1.807) is 12.1 Å². The normalized spacial score (nSPS) is 18.8. The number of piperidine rings is 3. The van der Waals surface area contributed by atoms with Crippen LogP contribution < -0.4 is 24.2 Å². The van der Waals surface area contributed by atoms with Gasteiger partial charge >= 0.3 is 12.7 Å². The van der Waals surface area contributed by atoms with Crippen LogP contribution in [0.25, 0.3) is 0 Å². The minimum absolute atomic E-state index is 0.0359. The number of anilines is 1. The number of carbonyl (C=O) groups is 2. The van der Waals surface area contributed by atoms with Crippen LogP contribution in [0.2, 0.25) is 10.0 Å². The largest absolute Gasteiger partial charge is 0.544 e. The van der Waals surface area contributed by atoms with Crippen molar-refractivity contribution < 1.29 is 52.0 Å². The molecule has 270 valence electrons. The van der Waals surface area contributed by atoms with Crippen LogP contribution in [0.4, 0.5) is 23.7 Å². The molecule has 2 aromatic carbocycles. The highest BCUT2D eigenvalue weighted by molar-refractivity contribution is 7.14. The molecule has 1 N–H and O–H groups in total. The Labute approximate surface area is 305 Å². The number of halogens is 5. The molecule has 1 amide bonds. The van der Waals surface area contributed by atoms with Crippen LogP contribution in [0.1, 0.15) is 50.0 Å². The third-order valence-corrected chi connectivity index (χ3v) is 10.9. The van der Waals surface area contributed by atoms with E-state index >= 15 is 4.39 Å². The van der Waals surface area contributed by atoms with Crippen LogP contribution in [0.15, 0.2) is 60.9 Å². The number of methoxy groups -OCH3 is 1. The van der Waals surface area contributed by atoms with Crippen LogP contribution in [-0.2, 0) is 17.7 Å². The molecule has 3 fully saturated rings. The van der Waals surface area contributed by atoms with Gasteiger partial charge in [0.05, 0.1) is 30.2 Å². The highest BCUT2D eigenvalue weighted by atomic mass is 35.5. The SMILES string of the molecule is COc1cc([C@H](Cc2c(Cl)c[n+](O)cc2Cl)c2cc(CN(C(=O)O[C@H]3CN4CCC3CC4)c3ccccc3F)sc2C(=O)[O-])ccc1OC(F)F. The highest BCUT2D eigenvalue weighted by Crippen LogP contribution is 2.42. The number of carboxylic acid groups (broad SMARTS) is 1. The number of fused-ring (bicyclic) bond motifs is 3. The number of pyridine rings is 1. The first-order valence-corrected chi connectivity index (χ1v) is 17.5. The highest BCUT2D eigenvalue weighted by Gasteiger charge is 2.38. The van der Waals surface area contributed by atoms with Crippen molar-refractivity contribution in [2.24, 2.45) is 5.92 Å². The maximum atomic E-state index is 15.3. The van der Waals surface area contributed by atoms with E-state index in [0.717, 1.165) is 42.2 Å². The van der Waals surface area contributed by atoms with Crippen molar-refractivity contribution in [1.29, 1.82) is 0 Å². The Morgan fingerprint density at radius 3 is 2.41 bits per heavy atom. The van der Waals surface area contributed by atoms with Gasteiger partial charge in [0.2, 0.25) is 12.4 Å². The molecular formula is C35H32Cl2F3N3O7S. The van der Waals surface area contributed by atoms with Crippen molar-refractivity contribution >= 4 is 52.3 Å². The number of para-hydroxylation sites is 1. The van der Waals surface area contributed by atoms with Crippen molar-refractivity contribution in [3.8, 4) is 11.5 Å². The van der Waals surface area contributed by atoms with Gasteiger partial charge in [-0.2, -0.15) is 8.78 Å². The minimum atomic E-state index is -3.13. The van der Waals surface area contributed by atoms with E-state index in [4.69, 9.17) is 32.7 Å². The fraction of sp³-hybridized carbons (Fsp3) is 0.343. The lowest BCUT2D eigenvalue weighted by atomic mass is 9.85. The summed E-state index contributed by atoms with van der Waals surface area (Å²) >= 11 is 13.8. The molecule has 0 unspecified atom stereocenters. The number of benzene rings is 2. The molecule has 3 aliphatic heterocycles. The summed E-state index contributed by atoms with van der Waals surface area (Å²) in [6.07, 6.45) is 2.98. The molecule has 0 aliphatic carbocycles. The second-order valence-corrected chi connectivity index (χ2v) is 14.2. The van der Waals surface area contributed by atoms with Crippen molar-refractivity contribution in [3.63, 3.8) is 0 Å². The summed E-state index contributed by atoms with van der Waals surface area (Å²) in [4.78, 5) is 30.0. The number of thiophene rings is 1. The molecule has 3 saturated heterocycles. The van der Waals surface area contributed by atoms with E-state index in [0.29, 0.717) is 27.3 Å². The molecule has 51 heavy (non-hydrogen) atoms. The zero-order valence-electron chi connectivity index (χ0n) is 27.1. The third kappa shape index (κ3) is 8.14. The maximum Gasteiger partial charge on any atom is 0.415 e. The fourth-order valence-electron chi connectivity index (χ4n) is 6.71. The summed E-state index contributed by atoms with van der Waals surface area (Å²) in [5.74, 6) is -3.19. The smallest absolute Gasteiger partial charge is 0.415 e. The molecule has 4 aromatic rings. The van der Waals surface area contributed by atoms with E-state index in [9.17, 15) is 28.7 Å². The summed E-state index contributed by atoms with van der Waals surface area (Å²) < 4.78 is 58.1. The molecule has 0 spiro atoms. The van der Waals surface area contributed by atoms with Gasteiger partial charge in [0.25, 0.3) is 0 Å². The van der Waals surface area contributed by atoms with Crippen LogP contribution in [-0.4, -0.2) is 61.6 Å². The van der Waals surface area contributed by atoms with E-state index < -0.39 is 30.4 Å². The first-order chi connectivity index (χ1) is 24.4. The van der Waals surface area contributed by atoms with Gasteiger partial charge in [-0.3, -0.25) is 15.0 Å². The van der Waals surface area contributed by atoms with Crippen molar-refractivity contribution in [2.45, 2.75) is 44.4 Å². The number of hydrogen-bond donors (Lipinski definition) is 1. The maximum absolute atomic E-state index is 15.3. The van der Waals surface area contributed by atoms with Crippen LogP contribution in [0, 0.1) is 11.7 Å². The number of aromatic carboxylic acids is 1. The standard InChI is InChI=1S/C35H32Cl2F3N3O7S/c1-48-30-12-20(6-7-29(30)49-34(39)40)22(14-24-25(36)16-42(47)17-26(24)37)23-13-21(51-32(23)33(44)45)15-43(28-5-3-2-4-27(28)38)35(46)50-31-18-41-10-8-19(31)9-11-41/h2-7,12-13,16-17,19,22,31,34H,8-11,14-15,18H2,1H3,(H-,44,45,47)/t22-,31-/m0/s1. The molecule has 5 heterocycles. The van der Waals surface area contributed by atoms with Gasteiger partial charge in [-0.1, -0.05) is 41.4 Å². The Kier molecular flexibility index (Phi) is 11.2. The molecule has 0 radical (unpaired) electrons. The third-order valence-electron chi connectivity index (χ3n) is 9.18. The fourth-order valence-corrected chi connectivity index (χ4v) is 8.36. The predicted octanol–water partition coefficient (Wildman–Crippen LogP) is 6.30. The van der Waals surface area contributed by atoms with E-state index in [1.165, 1.54) is 55.9 Å². The van der Waals surface area contributed by atoms with Crippen molar-refractivity contribution in [2.75, 3.05) is 31.6 Å². The first-order valence-electron chi connectivity index (χ1n) is 15.9. The number of ether oxygens (including phenoxy) is 3. The molecule has 2 bridgehead atoms. The first kappa shape index (κ1) is 36.5. The van der Waals surface area contributed by atoms with E-state index in [-0.39, 0.29) is 62.7 Å². The zero-order chi connectivity index (χ0) is 36.4. The van der Waals surface area contributed by atoms with Gasteiger partial charge in [0.15, 0.2) is 11.5 Å². The van der Waals surface area contributed by atoms with Gasteiger partial charge in [0, 0.05) is 27.6 Å². The average Bonchev–Trinajstić information content (AvgIpc) is 3.52. The van der Waals surface area contributed by atoms with Crippen LogP contribution in [0.3, 0.4) is 0 Å². The Hall–Kier alpha value is -4.24. The Bertz CT molecular complexity index is 1900. The number of aromatic nitrogens is 1. The average molecular weight is 767 g/mol. The monoisotopic (exact) mass is 765 g/mol. The molecule has 10 nitrogen and oxygen atoms in total. The Morgan fingerprint density at radius 2 is 1.80 bits per heavy atom. The summed E-state index contributed by atoms with van der Waals surface area (Å²) in [6.45, 7) is -0.957. The van der Waals surface area contributed by atoms with Gasteiger partial charge in [-0.15, -0.1) is 11.3 Å². The second kappa shape index (κ2) is 15.6. The van der Waals surface area contributed by atoms with Gasteiger partial charge in [-0.05, 0) is 79.7 Å². The van der Waals surface area contributed by atoms with E-state index in [1.807, 2.05) is 0 Å². The van der Waals surface area contributed by atoms with Crippen LogP contribution in [0.5, 0.6) is 11.5 Å². The summed E-state index contributed by atoms with van der Waals surface area (Å²) in [6, 6.07) is 11.4. The Morgan fingerprint density at radius 1 is 1.10 bits per heavy atom. The summed E-state index contributed by atoms with van der Waals surface area (Å²) in [7, 11) is 1.26. The summed E-state index contributed by atoms with van der Waals surface area (Å²) in [5.41, 5.74) is 0.906. The number of amides is 1. The lowest BCUT2D eigenvalue weighted by Crippen LogP contribution is -2.53. The molecule has 0 saturated carbocycles. The summed E-state index contributed by atoms with van der Waals surface area (Å²) in [5, 5.41) is 22.8. The number of carbonyl (C=O) groups excluding carboxylic acids is 2. The minimum Gasteiger partial charge on any atom is -0.544 e. The second-order valence-electron chi connectivity index (χ2n) is 12.2. The molecule has 3 aliphatic rings. The predicted molar refractivity (Wildman–Crippen MR) is 180 cm³/mol. The number of carboxylic acids is 1. The molecule has 2 aromatic heterocycles. The molecule has 2 atom stereocenters. The van der Waals surface area contributed by atoms with Crippen LogP contribution >= 0.6 is 34.5 Å². The number of rotatable bonds is 12.